The van der Waals surface area contributed by atoms with Gasteiger partial charge in [-0.1, -0.05) is 42.5 Å². The SMILES string of the molecule is Oc1ccc(-n2c3ccccc3c3ccccc32)cc1-c1nc(-c2ccccn2)cs1. The second-order valence-corrected chi connectivity index (χ2v) is 8.18. The summed E-state index contributed by atoms with van der Waals surface area (Å²) in [5.41, 5.74) is 5.60. The molecule has 0 radical (unpaired) electrons. The molecule has 6 aromatic rings. The third kappa shape index (κ3) is 2.90. The van der Waals surface area contributed by atoms with Crippen molar-refractivity contribution in [2.45, 2.75) is 0 Å². The van der Waals surface area contributed by atoms with Crippen LogP contribution < -0.4 is 0 Å². The second-order valence-electron chi connectivity index (χ2n) is 7.32. The van der Waals surface area contributed by atoms with Gasteiger partial charge in [0.25, 0.3) is 0 Å². The Morgan fingerprint density at radius 2 is 1.45 bits per heavy atom. The summed E-state index contributed by atoms with van der Waals surface area (Å²) in [5, 5.41) is 15.8. The lowest BCUT2D eigenvalue weighted by Gasteiger charge is -2.10. The van der Waals surface area contributed by atoms with E-state index in [2.05, 4.69) is 58.1 Å². The summed E-state index contributed by atoms with van der Waals surface area (Å²) in [7, 11) is 0. The van der Waals surface area contributed by atoms with Crippen molar-refractivity contribution in [1.29, 1.82) is 0 Å². The number of rotatable bonds is 3. The number of phenolic OH excluding ortho intramolecular Hbond substituents is 1. The summed E-state index contributed by atoms with van der Waals surface area (Å²) < 4.78 is 2.24. The Kier molecular flexibility index (Phi) is 4.08. The molecule has 6 rings (SSSR count). The molecular weight excluding hydrogens is 402 g/mol. The van der Waals surface area contributed by atoms with Crippen LogP contribution in [0.3, 0.4) is 0 Å². The Bertz CT molecular complexity index is 1500. The van der Waals surface area contributed by atoms with E-state index < -0.39 is 0 Å². The van der Waals surface area contributed by atoms with Crippen molar-refractivity contribution in [3.05, 3.63) is 96.5 Å². The van der Waals surface area contributed by atoms with Crippen LogP contribution in [0.1, 0.15) is 0 Å². The van der Waals surface area contributed by atoms with Gasteiger partial charge in [-0.25, -0.2) is 4.98 Å². The van der Waals surface area contributed by atoms with Gasteiger partial charge >= 0.3 is 0 Å². The molecule has 1 N–H and O–H groups in total. The highest BCUT2D eigenvalue weighted by Crippen LogP contribution is 2.38. The zero-order valence-electron chi connectivity index (χ0n) is 16.4. The van der Waals surface area contributed by atoms with Gasteiger partial charge in [0, 0.05) is 28.0 Å². The number of pyridine rings is 1. The van der Waals surface area contributed by atoms with Crippen molar-refractivity contribution in [2.24, 2.45) is 0 Å². The molecule has 5 heteroatoms. The van der Waals surface area contributed by atoms with Crippen LogP contribution in [0.15, 0.2) is 96.5 Å². The van der Waals surface area contributed by atoms with Gasteiger partial charge in [-0.05, 0) is 42.5 Å². The number of nitrogens with zero attached hydrogens (tertiary/aromatic N) is 3. The number of para-hydroxylation sites is 2. The van der Waals surface area contributed by atoms with Crippen molar-refractivity contribution >= 4 is 33.1 Å². The summed E-state index contributed by atoms with van der Waals surface area (Å²) in [6.45, 7) is 0. The number of thiazole rings is 1. The quantitative estimate of drug-likeness (QED) is 0.348. The molecule has 3 aromatic carbocycles. The summed E-state index contributed by atoms with van der Waals surface area (Å²) in [5.74, 6) is 0.214. The minimum Gasteiger partial charge on any atom is -0.507 e. The standard InChI is InChI=1S/C26H17N3OS/c30-25-13-12-17(15-20(25)26-28-22(16-31-26)21-9-5-6-14-27-21)29-23-10-3-1-7-18(23)19-8-2-4-11-24(19)29/h1-16,30H. The number of hydrogen-bond acceptors (Lipinski definition) is 4. The molecule has 0 aliphatic rings. The second kappa shape index (κ2) is 7.07. The summed E-state index contributed by atoms with van der Waals surface area (Å²) >= 11 is 1.50. The first kappa shape index (κ1) is 17.9. The van der Waals surface area contributed by atoms with Crippen LogP contribution in [0.5, 0.6) is 5.75 Å². The van der Waals surface area contributed by atoms with Crippen molar-refractivity contribution < 1.29 is 5.11 Å². The molecule has 0 aliphatic carbocycles. The maximum absolute atomic E-state index is 10.6. The number of hydrogen-bond donors (Lipinski definition) is 1. The Labute approximate surface area is 182 Å². The Balaban J connectivity index is 1.54. The number of benzene rings is 3. The zero-order valence-corrected chi connectivity index (χ0v) is 17.3. The van der Waals surface area contributed by atoms with E-state index in [-0.39, 0.29) is 5.75 Å². The first-order chi connectivity index (χ1) is 15.3. The van der Waals surface area contributed by atoms with Crippen molar-refractivity contribution in [3.63, 3.8) is 0 Å². The van der Waals surface area contributed by atoms with Gasteiger partial charge in [0.1, 0.15) is 16.5 Å². The van der Waals surface area contributed by atoms with Gasteiger partial charge in [0.15, 0.2) is 0 Å². The van der Waals surface area contributed by atoms with E-state index in [0.29, 0.717) is 5.56 Å². The molecule has 0 bridgehead atoms. The van der Waals surface area contributed by atoms with E-state index in [1.165, 1.54) is 22.1 Å². The molecule has 148 valence electrons. The van der Waals surface area contributed by atoms with Crippen molar-refractivity contribution in [2.75, 3.05) is 0 Å². The first-order valence-electron chi connectivity index (χ1n) is 9.98. The van der Waals surface area contributed by atoms with Crippen molar-refractivity contribution in [1.82, 2.24) is 14.5 Å². The van der Waals surface area contributed by atoms with E-state index in [1.54, 1.807) is 12.3 Å². The maximum atomic E-state index is 10.6. The summed E-state index contributed by atoms with van der Waals surface area (Å²) in [6, 6.07) is 28.3. The monoisotopic (exact) mass is 419 g/mol. The largest absolute Gasteiger partial charge is 0.507 e. The van der Waals surface area contributed by atoms with Gasteiger partial charge in [-0.3, -0.25) is 4.98 Å². The van der Waals surface area contributed by atoms with E-state index in [9.17, 15) is 5.11 Å². The van der Waals surface area contributed by atoms with Gasteiger partial charge in [-0.15, -0.1) is 11.3 Å². The number of fused-ring (bicyclic) bond motifs is 3. The molecule has 0 saturated heterocycles. The minimum absolute atomic E-state index is 0.214. The van der Waals surface area contributed by atoms with E-state index >= 15 is 0 Å². The van der Waals surface area contributed by atoms with E-state index in [0.717, 1.165) is 33.1 Å². The maximum Gasteiger partial charge on any atom is 0.127 e. The van der Waals surface area contributed by atoms with Crippen molar-refractivity contribution in [3.8, 4) is 33.4 Å². The fourth-order valence-electron chi connectivity index (χ4n) is 4.06. The average Bonchev–Trinajstić information content (AvgIpc) is 3.44. The van der Waals surface area contributed by atoms with Crippen LogP contribution in [0.4, 0.5) is 0 Å². The van der Waals surface area contributed by atoms with Crippen LogP contribution in [0.2, 0.25) is 0 Å². The lowest BCUT2D eigenvalue weighted by Crippen LogP contribution is -1.94. The summed E-state index contributed by atoms with van der Waals surface area (Å²) in [6.07, 6.45) is 1.76. The molecule has 0 aliphatic heterocycles. The third-order valence-electron chi connectivity index (χ3n) is 5.48. The Hall–Kier alpha value is -3.96. The zero-order chi connectivity index (χ0) is 20.8. The van der Waals surface area contributed by atoms with Crippen LogP contribution >= 0.6 is 11.3 Å². The molecule has 0 fully saturated rings. The molecule has 4 nitrogen and oxygen atoms in total. The molecule has 3 aromatic heterocycles. The Morgan fingerprint density at radius 3 is 2.16 bits per heavy atom. The number of aromatic nitrogens is 3. The van der Waals surface area contributed by atoms with Gasteiger partial charge < -0.3 is 9.67 Å². The molecule has 0 atom stereocenters. The van der Waals surface area contributed by atoms with Crippen LogP contribution in [-0.4, -0.2) is 19.6 Å². The molecule has 0 spiro atoms. The Morgan fingerprint density at radius 1 is 0.742 bits per heavy atom. The predicted octanol–water partition coefficient (Wildman–Crippen LogP) is 6.67. The molecule has 0 saturated carbocycles. The fourth-order valence-corrected chi connectivity index (χ4v) is 4.90. The molecule has 0 amide bonds. The molecule has 3 heterocycles. The van der Waals surface area contributed by atoms with Crippen LogP contribution in [-0.2, 0) is 0 Å². The minimum atomic E-state index is 0.214. The predicted molar refractivity (Wildman–Crippen MR) is 127 cm³/mol. The number of aromatic hydroxyl groups is 1. The lowest BCUT2D eigenvalue weighted by molar-refractivity contribution is 0.477. The lowest BCUT2D eigenvalue weighted by atomic mass is 10.1. The normalized spacial score (nSPS) is 11.4. The van der Waals surface area contributed by atoms with Gasteiger partial charge in [0.05, 0.1) is 22.3 Å². The summed E-state index contributed by atoms with van der Waals surface area (Å²) in [4.78, 5) is 9.13. The van der Waals surface area contributed by atoms with Gasteiger partial charge in [-0.2, -0.15) is 0 Å². The first-order valence-corrected chi connectivity index (χ1v) is 10.9. The number of phenols is 1. The fraction of sp³-hybridized carbons (Fsp3) is 0. The molecular formula is C26H17N3OS. The van der Waals surface area contributed by atoms with Crippen LogP contribution in [0.25, 0.3) is 49.5 Å². The smallest absolute Gasteiger partial charge is 0.127 e. The van der Waals surface area contributed by atoms with E-state index in [4.69, 9.17) is 4.98 Å². The highest BCUT2D eigenvalue weighted by molar-refractivity contribution is 7.13. The topological polar surface area (TPSA) is 50.9 Å². The third-order valence-corrected chi connectivity index (χ3v) is 6.36. The van der Waals surface area contributed by atoms with Gasteiger partial charge in [0.2, 0.25) is 0 Å². The molecule has 0 unspecified atom stereocenters. The average molecular weight is 420 g/mol. The highest BCUT2D eigenvalue weighted by Gasteiger charge is 2.15. The highest BCUT2D eigenvalue weighted by atomic mass is 32.1. The molecule has 31 heavy (non-hydrogen) atoms. The van der Waals surface area contributed by atoms with Crippen LogP contribution in [0, 0.1) is 0 Å². The van der Waals surface area contributed by atoms with E-state index in [1.807, 2.05) is 35.7 Å².